The summed E-state index contributed by atoms with van der Waals surface area (Å²) in [6.45, 7) is 0. The summed E-state index contributed by atoms with van der Waals surface area (Å²) >= 11 is 15.3. The van der Waals surface area contributed by atoms with Crippen molar-refractivity contribution in [2.75, 3.05) is 0 Å². The van der Waals surface area contributed by atoms with Crippen LogP contribution in [0.3, 0.4) is 0 Å². The molecule has 0 rings (SSSR count). The van der Waals surface area contributed by atoms with Crippen molar-refractivity contribution in [2.24, 2.45) is 0 Å². The van der Waals surface area contributed by atoms with Crippen molar-refractivity contribution in [1.82, 2.24) is 0 Å². The van der Waals surface area contributed by atoms with E-state index in [0.29, 0.717) is 0 Å². The molecule has 0 spiro atoms. The van der Waals surface area contributed by atoms with Crippen molar-refractivity contribution in [3.05, 3.63) is 0 Å². The molecule has 0 radical (unpaired) electrons. The van der Waals surface area contributed by atoms with Crippen LogP contribution in [0.15, 0.2) is 0 Å². The largest absolute Gasteiger partial charge is 0.388 e. The van der Waals surface area contributed by atoms with E-state index in [1.54, 1.807) is 0 Å². The third kappa shape index (κ3) is 2.50. The second-order valence-electron chi connectivity index (χ2n) is 1.57. The topological polar surface area (TPSA) is 0 Å². The molecule has 0 saturated heterocycles. The monoisotopic (exact) mass is 296 g/mol. The van der Waals surface area contributed by atoms with Crippen LogP contribution in [-0.4, -0.2) is 14.5 Å². The van der Waals surface area contributed by atoms with E-state index in [1.165, 1.54) is 0 Å². The van der Waals surface area contributed by atoms with E-state index in [-0.39, 0.29) is 0 Å². The van der Waals surface area contributed by atoms with Crippen LogP contribution in [0.4, 0.5) is 17.6 Å². The minimum Gasteiger partial charge on any atom is -0.194 e. The lowest BCUT2D eigenvalue weighted by atomic mass is 10.4. The minimum atomic E-state index is -4.79. The Morgan fingerprint density at radius 1 is 0.909 bits per heavy atom. The summed E-state index contributed by atoms with van der Waals surface area (Å²) in [7, 11) is 0. The third-order valence-electron chi connectivity index (χ3n) is 0.712. The summed E-state index contributed by atoms with van der Waals surface area (Å²) in [6, 6.07) is 0. The lowest BCUT2D eigenvalue weighted by Crippen LogP contribution is -2.46. The maximum atomic E-state index is 12.2. The molecule has 0 saturated carbocycles. The van der Waals surface area contributed by atoms with Gasteiger partial charge in [0.1, 0.15) is 0 Å². The molecule has 0 aliphatic carbocycles. The quantitative estimate of drug-likeness (QED) is 0.534. The first kappa shape index (κ1) is 12.1. The molecular weight excluding hydrogens is 298 g/mol. The highest BCUT2D eigenvalue weighted by Gasteiger charge is 2.67. The van der Waals surface area contributed by atoms with Gasteiger partial charge in [0.25, 0.3) is 0 Å². The Bertz CT molecular complexity index is 132. The molecule has 0 heterocycles. The molecule has 0 atom stereocenters. The van der Waals surface area contributed by atoms with Gasteiger partial charge in [0, 0.05) is 0 Å². The first-order valence-corrected chi connectivity index (χ1v) is 3.94. The van der Waals surface area contributed by atoms with Crippen molar-refractivity contribution >= 4 is 50.7 Å². The predicted octanol–water partition coefficient (Wildman–Crippen LogP) is 3.98. The molecule has 0 unspecified atom stereocenters. The Morgan fingerprint density at radius 2 is 1.18 bits per heavy atom. The molecule has 0 bridgehead atoms. The molecule has 0 aliphatic heterocycles. The molecule has 8 heteroatoms. The molecule has 0 N–H and O–H groups in total. The van der Waals surface area contributed by atoms with Crippen LogP contribution in [0.1, 0.15) is 0 Å². The van der Waals surface area contributed by atoms with Gasteiger partial charge in [-0.1, -0.05) is 23.2 Å². The molecule has 0 nitrogen and oxygen atoms in total. The highest BCUT2D eigenvalue weighted by Crippen LogP contribution is 2.53. The molecule has 0 fully saturated rings. The Kier molecular flexibility index (Phi) is 3.39. The van der Waals surface area contributed by atoms with Crippen LogP contribution < -0.4 is 0 Å². The summed E-state index contributed by atoms with van der Waals surface area (Å²) in [6.07, 6.45) is 0. The number of hydrogen-bond acceptors (Lipinski definition) is 0. The predicted molar refractivity (Wildman–Crippen MR) is 39.1 cm³/mol. The van der Waals surface area contributed by atoms with Crippen LogP contribution >= 0.6 is 50.7 Å². The van der Waals surface area contributed by atoms with Gasteiger partial charge in [-0.05, 0) is 27.5 Å². The summed E-state index contributed by atoms with van der Waals surface area (Å²) in [5, 5.41) is -4.79. The molecule has 11 heavy (non-hydrogen) atoms. The Labute approximate surface area is 82.9 Å². The zero-order valence-corrected chi connectivity index (χ0v) is 8.38. The first-order chi connectivity index (χ1) is 4.50. The number of rotatable bonds is 2. The van der Waals surface area contributed by atoms with Gasteiger partial charge in [-0.2, -0.15) is 17.6 Å². The van der Waals surface area contributed by atoms with Crippen LogP contribution in [0, 0.1) is 0 Å². The van der Waals surface area contributed by atoms with Crippen molar-refractivity contribution in [3.8, 4) is 0 Å². The molecule has 0 aromatic rings. The normalized spacial score (nSPS) is 15.3. The average Bonchev–Trinajstić information content (AvgIpc) is 1.58. The second-order valence-corrected chi connectivity index (χ2v) is 5.47. The Morgan fingerprint density at radius 3 is 1.18 bits per heavy atom. The fraction of sp³-hybridized carbons (Fsp3) is 1.00. The van der Waals surface area contributed by atoms with E-state index in [9.17, 15) is 17.6 Å². The van der Waals surface area contributed by atoms with Crippen molar-refractivity contribution < 1.29 is 17.6 Å². The standard InChI is InChI=1S/C3BrCl3F4/c4-2(5,6)1(8,9)3(7,10)11. The van der Waals surface area contributed by atoms with E-state index in [1.807, 2.05) is 15.9 Å². The zero-order chi connectivity index (χ0) is 9.50. The van der Waals surface area contributed by atoms with Crippen molar-refractivity contribution in [2.45, 2.75) is 14.5 Å². The summed E-state index contributed by atoms with van der Waals surface area (Å²) < 4.78 is 45.0. The van der Waals surface area contributed by atoms with Crippen LogP contribution in [0.5, 0.6) is 0 Å². The van der Waals surface area contributed by atoms with E-state index in [2.05, 4.69) is 34.8 Å². The van der Waals surface area contributed by atoms with E-state index in [0.717, 1.165) is 0 Å². The molecule has 68 valence electrons. The van der Waals surface area contributed by atoms with Gasteiger partial charge in [-0.15, -0.1) is 0 Å². The van der Waals surface area contributed by atoms with Gasteiger partial charge in [-0.25, -0.2) is 0 Å². The summed E-state index contributed by atoms with van der Waals surface area (Å²) in [4.78, 5) is 0. The smallest absolute Gasteiger partial charge is 0.194 e. The summed E-state index contributed by atoms with van der Waals surface area (Å²) in [5.41, 5.74) is 0. The highest BCUT2D eigenvalue weighted by molar-refractivity contribution is 9.11. The molecule has 0 aromatic heterocycles. The highest BCUT2D eigenvalue weighted by atomic mass is 79.9. The number of hydrogen-bond donors (Lipinski definition) is 0. The lowest BCUT2D eigenvalue weighted by molar-refractivity contribution is -0.151. The first-order valence-electron chi connectivity index (χ1n) is 2.01. The molecule has 0 aromatic carbocycles. The van der Waals surface area contributed by atoms with E-state index < -0.39 is 14.5 Å². The van der Waals surface area contributed by atoms with E-state index in [4.69, 9.17) is 0 Å². The van der Waals surface area contributed by atoms with Gasteiger partial charge in [-0.3, -0.25) is 0 Å². The van der Waals surface area contributed by atoms with Gasteiger partial charge >= 0.3 is 11.3 Å². The zero-order valence-electron chi connectivity index (χ0n) is 4.52. The summed E-state index contributed by atoms with van der Waals surface area (Å²) in [5.74, 6) is -4.75. The molecule has 0 aliphatic rings. The minimum absolute atomic E-state index is 1.95. The van der Waals surface area contributed by atoms with Crippen LogP contribution in [0.25, 0.3) is 0 Å². The number of halogens is 8. The molecule has 0 amide bonds. The fourth-order valence-electron chi connectivity index (χ4n) is 0.161. The SMILES string of the molecule is FC(F)(Cl)C(F)(F)C(Cl)(Cl)Br. The van der Waals surface area contributed by atoms with Gasteiger partial charge in [0.05, 0.1) is 0 Å². The number of alkyl halides is 8. The maximum absolute atomic E-state index is 12.2. The van der Waals surface area contributed by atoms with Crippen molar-refractivity contribution in [1.29, 1.82) is 0 Å². The van der Waals surface area contributed by atoms with Gasteiger partial charge in [0.2, 0.25) is 3.24 Å². The third-order valence-corrected chi connectivity index (χ3v) is 1.92. The van der Waals surface area contributed by atoms with Crippen LogP contribution in [-0.2, 0) is 0 Å². The second kappa shape index (κ2) is 3.09. The van der Waals surface area contributed by atoms with E-state index >= 15 is 0 Å². The fourth-order valence-corrected chi connectivity index (χ4v) is 1.000. The van der Waals surface area contributed by atoms with Crippen molar-refractivity contribution in [3.63, 3.8) is 0 Å². The van der Waals surface area contributed by atoms with Crippen LogP contribution in [0.2, 0.25) is 0 Å². The average molecular weight is 298 g/mol. The Balaban J connectivity index is 4.75. The Hall–Kier alpha value is 1.07. The lowest BCUT2D eigenvalue weighted by Gasteiger charge is -2.27. The van der Waals surface area contributed by atoms with Gasteiger partial charge < -0.3 is 0 Å². The van der Waals surface area contributed by atoms with Gasteiger partial charge in [0.15, 0.2) is 0 Å². The maximum Gasteiger partial charge on any atom is 0.388 e. The molecular formula is C3BrCl3F4.